The van der Waals surface area contributed by atoms with E-state index in [4.69, 9.17) is 10.8 Å². The molecule has 0 heterocycles. The molecule has 0 bridgehead atoms. The van der Waals surface area contributed by atoms with E-state index in [2.05, 4.69) is 0 Å². The van der Waals surface area contributed by atoms with Crippen LogP contribution in [0.15, 0.2) is 0 Å². The van der Waals surface area contributed by atoms with Crippen molar-refractivity contribution in [1.82, 2.24) is 4.90 Å². The summed E-state index contributed by atoms with van der Waals surface area (Å²) in [6.45, 7) is 4.45. The van der Waals surface area contributed by atoms with Crippen LogP contribution in [-0.4, -0.2) is 41.0 Å². The van der Waals surface area contributed by atoms with Gasteiger partial charge >= 0.3 is 5.97 Å². The normalized spacial score (nSPS) is 17.6. The van der Waals surface area contributed by atoms with E-state index in [1.54, 1.807) is 4.90 Å². The van der Waals surface area contributed by atoms with Crippen molar-refractivity contribution in [2.24, 2.45) is 11.1 Å². The summed E-state index contributed by atoms with van der Waals surface area (Å²) in [6, 6.07) is 0.0193. The molecule has 0 saturated heterocycles. The Morgan fingerprint density at radius 3 is 2.29 bits per heavy atom. The molecule has 0 aromatic carbocycles. The van der Waals surface area contributed by atoms with Gasteiger partial charge in [0, 0.05) is 19.1 Å². The maximum absolute atomic E-state index is 12.4. The van der Waals surface area contributed by atoms with Crippen LogP contribution in [-0.2, 0) is 9.59 Å². The van der Waals surface area contributed by atoms with Crippen molar-refractivity contribution in [1.29, 1.82) is 0 Å². The number of carboxylic acids is 1. The predicted octanol–water partition coefficient (Wildman–Crippen LogP) is 0.827. The van der Waals surface area contributed by atoms with Crippen molar-refractivity contribution in [3.63, 3.8) is 0 Å². The van der Waals surface area contributed by atoms with Crippen LogP contribution < -0.4 is 5.73 Å². The molecule has 0 aliphatic heterocycles. The highest BCUT2D eigenvalue weighted by Crippen LogP contribution is 2.41. The fraction of sp³-hybridized carbons (Fsp3) is 0.833. The molecule has 0 unspecified atom stereocenters. The second-order valence-electron chi connectivity index (χ2n) is 5.07. The molecule has 1 amide bonds. The number of aliphatic carboxylic acids is 1. The van der Waals surface area contributed by atoms with Gasteiger partial charge < -0.3 is 15.7 Å². The number of rotatable bonds is 6. The van der Waals surface area contributed by atoms with Gasteiger partial charge in [0.15, 0.2) is 0 Å². The van der Waals surface area contributed by atoms with Crippen LogP contribution in [0.25, 0.3) is 0 Å². The van der Waals surface area contributed by atoms with Gasteiger partial charge in [0.1, 0.15) is 0 Å². The minimum absolute atomic E-state index is 0.00935. The molecule has 17 heavy (non-hydrogen) atoms. The Morgan fingerprint density at radius 2 is 2.00 bits per heavy atom. The average Bonchev–Trinajstić information content (AvgIpc) is 2.16. The lowest BCUT2D eigenvalue weighted by atomic mass is 9.67. The molecular formula is C12H22N2O3. The minimum Gasteiger partial charge on any atom is -0.481 e. The molecular weight excluding hydrogens is 220 g/mol. The minimum atomic E-state index is -0.876. The summed E-state index contributed by atoms with van der Waals surface area (Å²) in [4.78, 5) is 24.6. The van der Waals surface area contributed by atoms with Gasteiger partial charge in [0.2, 0.25) is 5.91 Å². The smallest absolute Gasteiger partial charge is 0.305 e. The van der Waals surface area contributed by atoms with Crippen LogP contribution in [0, 0.1) is 5.41 Å². The number of carboxylic acid groups (broad SMARTS) is 1. The maximum Gasteiger partial charge on any atom is 0.305 e. The summed E-state index contributed by atoms with van der Waals surface area (Å²) >= 11 is 0. The van der Waals surface area contributed by atoms with Gasteiger partial charge in [-0.15, -0.1) is 0 Å². The standard InChI is InChI=1S/C12H22N2O3/c1-9(2)14(7-4-10(15)16)11(17)12(8-13)5-3-6-12/h9H,3-8,13H2,1-2H3,(H,15,16). The molecule has 1 rings (SSSR count). The van der Waals surface area contributed by atoms with E-state index < -0.39 is 11.4 Å². The molecule has 1 aliphatic rings. The Labute approximate surface area is 102 Å². The van der Waals surface area contributed by atoms with Crippen molar-refractivity contribution < 1.29 is 14.7 Å². The third-order valence-corrected chi connectivity index (χ3v) is 3.61. The fourth-order valence-electron chi connectivity index (χ4n) is 2.22. The van der Waals surface area contributed by atoms with Gasteiger partial charge in [-0.05, 0) is 26.7 Å². The Hall–Kier alpha value is -1.10. The molecule has 3 N–H and O–H groups in total. The highest BCUT2D eigenvalue weighted by molar-refractivity contribution is 5.84. The summed E-state index contributed by atoms with van der Waals surface area (Å²) in [6.07, 6.45) is 2.69. The highest BCUT2D eigenvalue weighted by Gasteiger charge is 2.45. The third-order valence-electron chi connectivity index (χ3n) is 3.61. The molecule has 0 atom stereocenters. The zero-order valence-corrected chi connectivity index (χ0v) is 10.6. The molecule has 5 heteroatoms. The van der Waals surface area contributed by atoms with Crippen molar-refractivity contribution in [3.8, 4) is 0 Å². The Balaban J connectivity index is 2.69. The van der Waals surface area contributed by atoms with Crippen LogP contribution in [0.4, 0.5) is 0 Å². The number of nitrogens with zero attached hydrogens (tertiary/aromatic N) is 1. The van der Waals surface area contributed by atoms with Crippen LogP contribution >= 0.6 is 0 Å². The lowest BCUT2D eigenvalue weighted by molar-refractivity contribution is -0.149. The van der Waals surface area contributed by atoms with E-state index in [0.717, 1.165) is 19.3 Å². The van der Waals surface area contributed by atoms with E-state index in [9.17, 15) is 9.59 Å². The molecule has 0 spiro atoms. The summed E-state index contributed by atoms with van der Waals surface area (Å²) in [5.74, 6) is -0.846. The number of hydrogen-bond donors (Lipinski definition) is 2. The number of carbonyl (C=O) groups is 2. The second-order valence-corrected chi connectivity index (χ2v) is 5.07. The zero-order chi connectivity index (χ0) is 13.1. The van der Waals surface area contributed by atoms with Crippen molar-refractivity contribution >= 4 is 11.9 Å². The van der Waals surface area contributed by atoms with E-state index in [1.807, 2.05) is 13.8 Å². The molecule has 98 valence electrons. The highest BCUT2D eigenvalue weighted by atomic mass is 16.4. The van der Waals surface area contributed by atoms with E-state index >= 15 is 0 Å². The predicted molar refractivity (Wildman–Crippen MR) is 64.4 cm³/mol. The zero-order valence-electron chi connectivity index (χ0n) is 10.6. The lowest BCUT2D eigenvalue weighted by Gasteiger charge is -2.44. The molecule has 1 fully saturated rings. The van der Waals surface area contributed by atoms with Crippen LogP contribution in [0.1, 0.15) is 39.5 Å². The number of amides is 1. The lowest BCUT2D eigenvalue weighted by Crippen LogP contribution is -2.54. The average molecular weight is 242 g/mol. The number of carbonyl (C=O) groups excluding carboxylic acids is 1. The number of hydrogen-bond acceptors (Lipinski definition) is 3. The first kappa shape index (κ1) is 14.0. The van der Waals surface area contributed by atoms with Crippen LogP contribution in [0.3, 0.4) is 0 Å². The van der Waals surface area contributed by atoms with Crippen LogP contribution in [0.5, 0.6) is 0 Å². The third kappa shape index (κ3) is 2.97. The van der Waals surface area contributed by atoms with Gasteiger partial charge in [0.05, 0.1) is 11.8 Å². The summed E-state index contributed by atoms with van der Waals surface area (Å²) < 4.78 is 0. The van der Waals surface area contributed by atoms with Gasteiger partial charge in [-0.25, -0.2) is 0 Å². The Bertz CT molecular complexity index is 293. The largest absolute Gasteiger partial charge is 0.481 e. The van der Waals surface area contributed by atoms with E-state index in [0.29, 0.717) is 6.54 Å². The van der Waals surface area contributed by atoms with Crippen molar-refractivity contribution in [2.45, 2.75) is 45.6 Å². The van der Waals surface area contributed by atoms with Gasteiger partial charge in [-0.2, -0.15) is 0 Å². The molecule has 0 radical (unpaired) electrons. The topological polar surface area (TPSA) is 83.6 Å². The van der Waals surface area contributed by atoms with Gasteiger partial charge in [0.25, 0.3) is 0 Å². The Kier molecular flexibility index (Phi) is 4.51. The molecule has 0 aromatic heterocycles. The quantitative estimate of drug-likeness (QED) is 0.722. The van der Waals surface area contributed by atoms with Gasteiger partial charge in [-0.1, -0.05) is 6.42 Å². The summed E-state index contributed by atoms with van der Waals surface area (Å²) in [5, 5.41) is 8.69. The maximum atomic E-state index is 12.4. The SMILES string of the molecule is CC(C)N(CCC(=O)O)C(=O)C1(CN)CCC1. The Morgan fingerprint density at radius 1 is 1.41 bits per heavy atom. The molecule has 0 aromatic rings. The first-order chi connectivity index (χ1) is 7.93. The molecule has 5 nitrogen and oxygen atoms in total. The first-order valence-electron chi connectivity index (χ1n) is 6.16. The monoisotopic (exact) mass is 242 g/mol. The summed E-state index contributed by atoms with van der Waals surface area (Å²) in [7, 11) is 0. The van der Waals surface area contributed by atoms with Gasteiger partial charge in [-0.3, -0.25) is 9.59 Å². The summed E-state index contributed by atoms with van der Waals surface area (Å²) in [5.41, 5.74) is 5.29. The number of nitrogens with two attached hydrogens (primary N) is 1. The van der Waals surface area contributed by atoms with Crippen molar-refractivity contribution in [3.05, 3.63) is 0 Å². The fourth-order valence-corrected chi connectivity index (χ4v) is 2.22. The second kappa shape index (κ2) is 5.49. The first-order valence-corrected chi connectivity index (χ1v) is 6.16. The van der Waals surface area contributed by atoms with Crippen molar-refractivity contribution in [2.75, 3.05) is 13.1 Å². The van der Waals surface area contributed by atoms with Crippen LogP contribution in [0.2, 0.25) is 0 Å². The molecule has 1 aliphatic carbocycles. The van der Waals surface area contributed by atoms with E-state index in [-0.39, 0.29) is 24.9 Å². The molecule has 1 saturated carbocycles. The van der Waals surface area contributed by atoms with E-state index in [1.165, 1.54) is 0 Å².